The van der Waals surface area contributed by atoms with Crippen molar-refractivity contribution in [3.05, 3.63) is 23.5 Å². The van der Waals surface area contributed by atoms with Crippen LogP contribution < -0.4 is 10.5 Å². The van der Waals surface area contributed by atoms with E-state index in [2.05, 4.69) is 9.71 Å². The molecule has 100 valence electrons. The van der Waals surface area contributed by atoms with Gasteiger partial charge in [-0.3, -0.25) is 4.79 Å². The van der Waals surface area contributed by atoms with Gasteiger partial charge in [0.05, 0.1) is 4.90 Å². The molecular formula is C10H14ClN3O3S. The molecule has 0 aromatic carbocycles. The quantitative estimate of drug-likeness (QED) is 0.569. The van der Waals surface area contributed by atoms with Crippen molar-refractivity contribution in [3.8, 4) is 0 Å². The molecule has 0 aliphatic heterocycles. The van der Waals surface area contributed by atoms with Crippen LogP contribution in [-0.4, -0.2) is 25.9 Å². The number of amides is 1. The van der Waals surface area contributed by atoms with E-state index in [-0.39, 0.29) is 23.0 Å². The van der Waals surface area contributed by atoms with Crippen LogP contribution in [0.25, 0.3) is 0 Å². The van der Waals surface area contributed by atoms with E-state index in [4.69, 9.17) is 17.3 Å². The smallest absolute Gasteiger partial charge is 0.240 e. The first-order valence-corrected chi connectivity index (χ1v) is 7.17. The van der Waals surface area contributed by atoms with Gasteiger partial charge in [-0.15, -0.1) is 0 Å². The van der Waals surface area contributed by atoms with E-state index >= 15 is 0 Å². The fourth-order valence-corrected chi connectivity index (χ4v) is 2.59. The predicted octanol–water partition coefficient (Wildman–Crippen LogP) is 0.669. The van der Waals surface area contributed by atoms with E-state index in [0.29, 0.717) is 12.8 Å². The van der Waals surface area contributed by atoms with Crippen molar-refractivity contribution >= 4 is 27.5 Å². The van der Waals surface area contributed by atoms with Crippen molar-refractivity contribution in [1.82, 2.24) is 9.71 Å². The number of rotatable bonds is 7. The van der Waals surface area contributed by atoms with Crippen LogP contribution in [0.2, 0.25) is 5.15 Å². The van der Waals surface area contributed by atoms with E-state index in [1.807, 2.05) is 0 Å². The number of hydrogen-bond acceptors (Lipinski definition) is 4. The molecule has 0 saturated heterocycles. The Bertz CT molecular complexity index is 519. The summed E-state index contributed by atoms with van der Waals surface area (Å²) in [5.74, 6) is -0.390. The van der Waals surface area contributed by atoms with E-state index in [0.717, 1.165) is 0 Å². The molecule has 0 atom stereocenters. The fourth-order valence-electron chi connectivity index (χ4n) is 1.27. The van der Waals surface area contributed by atoms with E-state index in [1.54, 1.807) is 0 Å². The number of nitrogens with zero attached hydrogens (tertiary/aromatic N) is 1. The first-order valence-electron chi connectivity index (χ1n) is 5.31. The molecule has 0 aliphatic carbocycles. The Morgan fingerprint density at radius 1 is 1.44 bits per heavy atom. The highest BCUT2D eigenvalue weighted by atomic mass is 35.5. The zero-order valence-corrected chi connectivity index (χ0v) is 11.2. The van der Waals surface area contributed by atoms with Gasteiger partial charge in [-0.1, -0.05) is 11.6 Å². The number of aromatic nitrogens is 1. The summed E-state index contributed by atoms with van der Waals surface area (Å²) in [5, 5.41) is 0.117. The Morgan fingerprint density at radius 2 is 2.17 bits per heavy atom. The average Bonchev–Trinajstić information content (AvgIpc) is 2.28. The Labute approximate surface area is 111 Å². The van der Waals surface area contributed by atoms with Gasteiger partial charge >= 0.3 is 0 Å². The number of nitrogens with two attached hydrogens (primary N) is 1. The van der Waals surface area contributed by atoms with Gasteiger partial charge in [0.2, 0.25) is 15.9 Å². The zero-order chi connectivity index (χ0) is 13.6. The van der Waals surface area contributed by atoms with Crippen molar-refractivity contribution in [1.29, 1.82) is 0 Å². The van der Waals surface area contributed by atoms with Crippen LogP contribution in [0.5, 0.6) is 0 Å². The normalized spacial score (nSPS) is 11.4. The van der Waals surface area contributed by atoms with Gasteiger partial charge in [-0.25, -0.2) is 18.1 Å². The summed E-state index contributed by atoms with van der Waals surface area (Å²) in [6.07, 6.45) is 2.67. The third-order valence-electron chi connectivity index (χ3n) is 2.15. The molecule has 18 heavy (non-hydrogen) atoms. The second-order valence-electron chi connectivity index (χ2n) is 3.64. The number of hydrogen-bond donors (Lipinski definition) is 2. The summed E-state index contributed by atoms with van der Waals surface area (Å²) < 4.78 is 26.0. The number of nitrogens with one attached hydrogen (secondary N) is 1. The summed E-state index contributed by atoms with van der Waals surface area (Å²) in [4.78, 5) is 14.3. The minimum absolute atomic E-state index is 0.0670. The highest BCUT2D eigenvalue weighted by Crippen LogP contribution is 2.12. The molecule has 1 aromatic rings. The Kier molecular flexibility index (Phi) is 5.52. The molecular weight excluding hydrogens is 278 g/mol. The van der Waals surface area contributed by atoms with Crippen molar-refractivity contribution in [3.63, 3.8) is 0 Å². The van der Waals surface area contributed by atoms with Crippen LogP contribution in [0.15, 0.2) is 23.2 Å². The molecule has 0 aliphatic rings. The summed E-state index contributed by atoms with van der Waals surface area (Å²) in [6.45, 7) is 0.246. The van der Waals surface area contributed by atoms with Gasteiger partial charge in [-0.2, -0.15) is 0 Å². The standard InChI is InChI=1S/C10H14ClN3O3S/c11-9-7-8(4-6-13-9)18(16,17)14-5-2-1-3-10(12)15/h4,6-7,14H,1-3,5H2,(H2,12,15). The number of carbonyl (C=O) groups is 1. The predicted molar refractivity (Wildman–Crippen MR) is 67.5 cm³/mol. The molecule has 0 spiro atoms. The monoisotopic (exact) mass is 291 g/mol. The summed E-state index contributed by atoms with van der Waals surface area (Å²) in [5.41, 5.74) is 4.97. The molecule has 1 amide bonds. The highest BCUT2D eigenvalue weighted by molar-refractivity contribution is 7.89. The average molecular weight is 292 g/mol. The van der Waals surface area contributed by atoms with Crippen LogP contribution >= 0.6 is 11.6 Å². The SMILES string of the molecule is NC(=O)CCCCNS(=O)(=O)c1ccnc(Cl)c1. The largest absolute Gasteiger partial charge is 0.370 e. The minimum atomic E-state index is -3.57. The van der Waals surface area contributed by atoms with Crippen LogP contribution in [0.1, 0.15) is 19.3 Å². The molecule has 6 nitrogen and oxygen atoms in total. The van der Waals surface area contributed by atoms with Crippen LogP contribution in [0.4, 0.5) is 0 Å². The third kappa shape index (κ3) is 4.99. The number of primary amides is 1. The Hall–Kier alpha value is -1.18. The van der Waals surface area contributed by atoms with Gasteiger partial charge in [-0.05, 0) is 25.0 Å². The van der Waals surface area contributed by atoms with E-state index < -0.39 is 15.9 Å². The molecule has 8 heteroatoms. The molecule has 0 radical (unpaired) electrons. The molecule has 0 unspecified atom stereocenters. The lowest BCUT2D eigenvalue weighted by Gasteiger charge is -2.06. The molecule has 0 bridgehead atoms. The van der Waals surface area contributed by atoms with Crippen LogP contribution in [0, 0.1) is 0 Å². The van der Waals surface area contributed by atoms with Crippen molar-refractivity contribution in [2.24, 2.45) is 5.73 Å². The minimum Gasteiger partial charge on any atom is -0.370 e. The summed E-state index contributed by atoms with van der Waals surface area (Å²) in [6, 6.07) is 2.63. The van der Waals surface area contributed by atoms with Crippen molar-refractivity contribution in [2.45, 2.75) is 24.2 Å². The highest BCUT2D eigenvalue weighted by Gasteiger charge is 2.13. The van der Waals surface area contributed by atoms with Gasteiger partial charge in [0, 0.05) is 19.2 Å². The zero-order valence-electron chi connectivity index (χ0n) is 9.60. The fraction of sp³-hybridized carbons (Fsp3) is 0.400. The summed E-state index contributed by atoms with van der Waals surface area (Å²) >= 11 is 5.61. The topological polar surface area (TPSA) is 102 Å². The van der Waals surface area contributed by atoms with Crippen LogP contribution in [-0.2, 0) is 14.8 Å². The second kappa shape index (κ2) is 6.67. The van der Waals surface area contributed by atoms with Gasteiger partial charge in [0.15, 0.2) is 0 Å². The van der Waals surface area contributed by atoms with Gasteiger partial charge < -0.3 is 5.73 Å². The lowest BCUT2D eigenvalue weighted by molar-refractivity contribution is -0.118. The van der Waals surface area contributed by atoms with Crippen molar-refractivity contribution < 1.29 is 13.2 Å². The number of carbonyl (C=O) groups excluding carboxylic acids is 1. The second-order valence-corrected chi connectivity index (χ2v) is 5.79. The third-order valence-corrected chi connectivity index (χ3v) is 3.82. The number of pyridine rings is 1. The van der Waals surface area contributed by atoms with Crippen LogP contribution in [0.3, 0.4) is 0 Å². The summed E-state index contributed by atoms with van der Waals surface area (Å²) in [7, 11) is -3.57. The van der Waals surface area contributed by atoms with Gasteiger partial charge in [0.25, 0.3) is 0 Å². The Morgan fingerprint density at radius 3 is 2.78 bits per heavy atom. The molecule has 1 aromatic heterocycles. The molecule has 0 fully saturated rings. The molecule has 1 rings (SSSR count). The van der Waals surface area contributed by atoms with Gasteiger partial charge in [0.1, 0.15) is 5.15 Å². The molecule has 3 N–H and O–H groups in total. The maximum atomic E-state index is 11.8. The number of halogens is 1. The maximum Gasteiger partial charge on any atom is 0.240 e. The maximum absolute atomic E-state index is 11.8. The number of sulfonamides is 1. The lowest BCUT2D eigenvalue weighted by Crippen LogP contribution is -2.25. The van der Waals surface area contributed by atoms with E-state index in [1.165, 1.54) is 18.3 Å². The lowest BCUT2D eigenvalue weighted by atomic mass is 10.2. The number of unbranched alkanes of at least 4 members (excludes halogenated alkanes) is 1. The van der Waals surface area contributed by atoms with E-state index in [9.17, 15) is 13.2 Å². The molecule has 0 saturated carbocycles. The first-order chi connectivity index (χ1) is 8.42. The Balaban J connectivity index is 2.48. The van der Waals surface area contributed by atoms with Crippen molar-refractivity contribution in [2.75, 3.05) is 6.54 Å². The first kappa shape index (κ1) is 14.9. The molecule has 1 heterocycles.